The first-order chi connectivity index (χ1) is 15.8. The van der Waals surface area contributed by atoms with Crippen LogP contribution < -0.4 is 19.7 Å². The average molecular weight is 464 g/mol. The molecular weight excluding hydrogens is 441 g/mol. The van der Waals surface area contributed by atoms with E-state index in [4.69, 9.17) is 9.47 Å². The zero-order valence-electron chi connectivity index (χ0n) is 17.7. The number of alkyl halides is 3. The summed E-state index contributed by atoms with van der Waals surface area (Å²) in [5.74, 6) is 0.340. The number of nitrogens with zero attached hydrogens (tertiary/aromatic N) is 1. The molecular formula is C23H23F3N2O5. The van der Waals surface area contributed by atoms with Gasteiger partial charge in [-0.15, -0.1) is 0 Å². The molecule has 2 aliphatic heterocycles. The first kappa shape index (κ1) is 22.9. The van der Waals surface area contributed by atoms with Crippen LogP contribution in [-0.4, -0.2) is 44.4 Å². The number of anilines is 1. The van der Waals surface area contributed by atoms with Gasteiger partial charge in [-0.3, -0.25) is 9.59 Å². The van der Waals surface area contributed by atoms with Crippen LogP contribution >= 0.6 is 0 Å². The van der Waals surface area contributed by atoms with Gasteiger partial charge < -0.3 is 24.4 Å². The van der Waals surface area contributed by atoms with E-state index in [1.54, 1.807) is 47.4 Å². The Bertz CT molecular complexity index is 1010. The number of rotatable bonds is 7. The summed E-state index contributed by atoms with van der Waals surface area (Å²) in [4.78, 5) is 26.7. The van der Waals surface area contributed by atoms with Crippen molar-refractivity contribution in [3.05, 3.63) is 53.6 Å². The Kier molecular flexibility index (Phi) is 6.73. The highest BCUT2D eigenvalue weighted by Gasteiger charge is 2.35. The molecule has 2 aromatic rings. The van der Waals surface area contributed by atoms with E-state index in [0.29, 0.717) is 36.0 Å². The van der Waals surface area contributed by atoms with Gasteiger partial charge in [0.15, 0.2) is 11.5 Å². The van der Waals surface area contributed by atoms with Crippen molar-refractivity contribution < 1.29 is 37.0 Å². The molecule has 2 aromatic carbocycles. The summed E-state index contributed by atoms with van der Waals surface area (Å²) in [7, 11) is 0. The van der Waals surface area contributed by atoms with Crippen LogP contribution in [0.3, 0.4) is 0 Å². The molecule has 4 rings (SSSR count). The maximum atomic E-state index is 12.6. The predicted octanol–water partition coefficient (Wildman–Crippen LogP) is 3.21. The lowest BCUT2D eigenvalue weighted by Gasteiger charge is -2.22. The Morgan fingerprint density at radius 2 is 1.76 bits per heavy atom. The molecule has 1 atom stereocenters. The maximum absolute atomic E-state index is 12.6. The van der Waals surface area contributed by atoms with Crippen LogP contribution in [0.5, 0.6) is 11.5 Å². The number of fused-ring (bicyclic) bond motifs is 1. The van der Waals surface area contributed by atoms with Gasteiger partial charge in [-0.1, -0.05) is 24.3 Å². The third kappa shape index (κ3) is 5.95. The van der Waals surface area contributed by atoms with Crippen LogP contribution in [0.1, 0.15) is 17.5 Å². The Morgan fingerprint density at radius 1 is 1.06 bits per heavy atom. The summed E-state index contributed by atoms with van der Waals surface area (Å²) < 4.78 is 52.1. The van der Waals surface area contributed by atoms with E-state index in [1.807, 2.05) is 0 Å². The molecule has 176 valence electrons. The van der Waals surface area contributed by atoms with E-state index in [9.17, 15) is 22.8 Å². The molecule has 0 saturated carbocycles. The lowest BCUT2D eigenvalue weighted by atomic mass is 10.1. The minimum atomic E-state index is -4.36. The van der Waals surface area contributed by atoms with Crippen molar-refractivity contribution in [2.24, 2.45) is 5.92 Å². The zero-order chi connectivity index (χ0) is 23.4. The largest absolute Gasteiger partial charge is 0.486 e. The van der Waals surface area contributed by atoms with E-state index in [-0.39, 0.29) is 37.9 Å². The number of nitrogens with one attached hydrogen (secondary N) is 1. The van der Waals surface area contributed by atoms with Crippen molar-refractivity contribution in [1.82, 2.24) is 5.32 Å². The number of benzene rings is 2. The molecule has 1 N–H and O–H groups in total. The van der Waals surface area contributed by atoms with E-state index in [1.165, 1.54) is 0 Å². The second-order valence-corrected chi connectivity index (χ2v) is 7.88. The van der Waals surface area contributed by atoms with Crippen LogP contribution in [0, 0.1) is 5.92 Å². The average Bonchev–Trinajstić information content (AvgIpc) is 3.19. The normalized spacial score (nSPS) is 17.8. The topological polar surface area (TPSA) is 77.1 Å². The summed E-state index contributed by atoms with van der Waals surface area (Å²) in [5, 5.41) is 2.82. The fourth-order valence-corrected chi connectivity index (χ4v) is 3.70. The molecule has 2 aliphatic rings. The Morgan fingerprint density at radius 3 is 2.48 bits per heavy atom. The SMILES string of the molecule is O=C(NCc1ccc(COCC(F)(F)F)cc1)C1CC(=O)N(c2ccc3c(c2)OCCO3)C1. The number of hydrogen-bond acceptors (Lipinski definition) is 5. The zero-order valence-corrected chi connectivity index (χ0v) is 17.7. The molecule has 10 heteroatoms. The fraction of sp³-hybridized carbons (Fsp3) is 0.391. The van der Waals surface area contributed by atoms with Gasteiger partial charge in [0.05, 0.1) is 12.5 Å². The highest BCUT2D eigenvalue weighted by atomic mass is 19.4. The van der Waals surface area contributed by atoms with Crippen molar-refractivity contribution in [1.29, 1.82) is 0 Å². The predicted molar refractivity (Wildman–Crippen MR) is 112 cm³/mol. The Balaban J connectivity index is 1.27. The molecule has 0 radical (unpaired) electrons. The third-order valence-electron chi connectivity index (χ3n) is 5.36. The maximum Gasteiger partial charge on any atom is 0.411 e. The van der Waals surface area contributed by atoms with E-state index < -0.39 is 18.7 Å². The van der Waals surface area contributed by atoms with Crippen molar-refractivity contribution in [2.45, 2.75) is 25.7 Å². The standard InChI is InChI=1S/C23H23F3N2O5/c24-23(25,26)14-31-13-16-3-1-15(2-4-16)11-27-22(30)17-9-21(29)28(12-17)18-5-6-19-20(10-18)33-8-7-32-19/h1-6,10,17H,7-9,11-14H2,(H,27,30). The van der Waals surface area contributed by atoms with Crippen molar-refractivity contribution in [2.75, 3.05) is 31.3 Å². The monoisotopic (exact) mass is 464 g/mol. The first-order valence-electron chi connectivity index (χ1n) is 10.5. The fourth-order valence-electron chi connectivity index (χ4n) is 3.70. The summed E-state index contributed by atoms with van der Waals surface area (Å²) in [6.07, 6.45) is -4.25. The number of carbonyl (C=O) groups excluding carboxylic acids is 2. The Hall–Kier alpha value is -3.27. The van der Waals surface area contributed by atoms with Gasteiger partial charge >= 0.3 is 6.18 Å². The molecule has 0 aromatic heterocycles. The van der Waals surface area contributed by atoms with Crippen LogP contribution in [0.25, 0.3) is 0 Å². The minimum absolute atomic E-state index is 0.107. The molecule has 0 spiro atoms. The quantitative estimate of drug-likeness (QED) is 0.681. The second-order valence-electron chi connectivity index (χ2n) is 7.88. The molecule has 1 unspecified atom stereocenters. The van der Waals surface area contributed by atoms with E-state index in [0.717, 1.165) is 5.56 Å². The second kappa shape index (κ2) is 9.70. The van der Waals surface area contributed by atoms with Gasteiger partial charge in [-0.2, -0.15) is 13.2 Å². The van der Waals surface area contributed by atoms with Gasteiger partial charge in [0.25, 0.3) is 0 Å². The summed E-state index contributed by atoms with van der Waals surface area (Å²) >= 11 is 0. The van der Waals surface area contributed by atoms with Gasteiger partial charge in [0.1, 0.15) is 19.8 Å². The van der Waals surface area contributed by atoms with Crippen molar-refractivity contribution >= 4 is 17.5 Å². The number of halogens is 3. The van der Waals surface area contributed by atoms with Gasteiger partial charge in [-0.25, -0.2) is 0 Å². The van der Waals surface area contributed by atoms with Crippen molar-refractivity contribution in [3.8, 4) is 11.5 Å². The summed E-state index contributed by atoms with van der Waals surface area (Å²) in [6.45, 7) is -0.0138. The smallest absolute Gasteiger partial charge is 0.411 e. The number of ether oxygens (including phenoxy) is 3. The van der Waals surface area contributed by atoms with Crippen LogP contribution in [0.4, 0.5) is 18.9 Å². The molecule has 1 saturated heterocycles. The number of hydrogen-bond donors (Lipinski definition) is 1. The van der Waals surface area contributed by atoms with Crippen LogP contribution in [-0.2, 0) is 27.5 Å². The van der Waals surface area contributed by atoms with Crippen LogP contribution in [0.15, 0.2) is 42.5 Å². The molecule has 1 fully saturated rings. The first-order valence-corrected chi connectivity index (χ1v) is 10.5. The molecule has 2 amide bonds. The highest BCUT2D eigenvalue weighted by molar-refractivity contribution is 6.00. The lowest BCUT2D eigenvalue weighted by molar-refractivity contribution is -0.176. The van der Waals surface area contributed by atoms with Crippen LogP contribution in [0.2, 0.25) is 0 Å². The van der Waals surface area contributed by atoms with Gasteiger partial charge in [-0.05, 0) is 23.3 Å². The van der Waals surface area contributed by atoms with Gasteiger partial charge in [0.2, 0.25) is 11.8 Å². The molecule has 0 bridgehead atoms. The third-order valence-corrected chi connectivity index (χ3v) is 5.36. The summed E-state index contributed by atoms with van der Waals surface area (Å²) in [6, 6.07) is 12.0. The molecule has 0 aliphatic carbocycles. The van der Waals surface area contributed by atoms with E-state index in [2.05, 4.69) is 10.1 Å². The molecule has 33 heavy (non-hydrogen) atoms. The lowest BCUT2D eigenvalue weighted by Crippen LogP contribution is -2.32. The van der Waals surface area contributed by atoms with Crippen molar-refractivity contribution in [3.63, 3.8) is 0 Å². The minimum Gasteiger partial charge on any atom is -0.486 e. The number of carbonyl (C=O) groups is 2. The molecule has 7 nitrogen and oxygen atoms in total. The number of amides is 2. The highest BCUT2D eigenvalue weighted by Crippen LogP contribution is 2.36. The van der Waals surface area contributed by atoms with E-state index >= 15 is 0 Å². The Labute approximate surface area is 188 Å². The summed E-state index contributed by atoms with van der Waals surface area (Å²) in [5.41, 5.74) is 2.05. The van der Waals surface area contributed by atoms with Gasteiger partial charge in [0, 0.05) is 31.3 Å². The molecule has 2 heterocycles.